The summed E-state index contributed by atoms with van der Waals surface area (Å²) >= 11 is 0. The summed E-state index contributed by atoms with van der Waals surface area (Å²) in [6.07, 6.45) is 6.54. The molecule has 0 saturated heterocycles. The standard InChI is InChI=1S/C18H26O2/c1-2-20-18(11-7-4-8-12-18)17(19)16-13-15(16)14-9-5-3-6-10-14/h3,5-6,9-10,15-17,19H,2,4,7-8,11-13H2,1H3. The fourth-order valence-electron chi connectivity index (χ4n) is 4.00. The molecular weight excluding hydrogens is 248 g/mol. The summed E-state index contributed by atoms with van der Waals surface area (Å²) in [7, 11) is 0. The van der Waals surface area contributed by atoms with Crippen molar-refractivity contribution in [3.8, 4) is 0 Å². The summed E-state index contributed by atoms with van der Waals surface area (Å²) in [5.41, 5.74) is 1.11. The van der Waals surface area contributed by atoms with E-state index in [9.17, 15) is 5.11 Å². The molecule has 1 aromatic carbocycles. The molecule has 3 rings (SSSR count). The van der Waals surface area contributed by atoms with E-state index in [-0.39, 0.29) is 11.7 Å². The van der Waals surface area contributed by atoms with Crippen LogP contribution in [0, 0.1) is 5.92 Å². The summed E-state index contributed by atoms with van der Waals surface area (Å²) in [5.74, 6) is 0.924. The molecule has 0 aliphatic heterocycles. The number of rotatable bonds is 5. The van der Waals surface area contributed by atoms with E-state index < -0.39 is 0 Å². The first-order valence-corrected chi connectivity index (χ1v) is 8.14. The van der Waals surface area contributed by atoms with Crippen molar-refractivity contribution in [1.82, 2.24) is 0 Å². The largest absolute Gasteiger partial charge is 0.390 e. The number of hydrogen-bond acceptors (Lipinski definition) is 2. The second-order valence-electron chi connectivity index (χ2n) is 6.42. The van der Waals surface area contributed by atoms with Crippen LogP contribution >= 0.6 is 0 Å². The summed E-state index contributed by atoms with van der Waals surface area (Å²) < 4.78 is 6.07. The Kier molecular flexibility index (Phi) is 4.13. The lowest BCUT2D eigenvalue weighted by Gasteiger charge is -2.41. The average Bonchev–Trinajstić information content (AvgIpc) is 3.29. The molecule has 2 nitrogen and oxygen atoms in total. The van der Waals surface area contributed by atoms with E-state index >= 15 is 0 Å². The first-order chi connectivity index (χ1) is 9.77. The molecule has 3 unspecified atom stereocenters. The van der Waals surface area contributed by atoms with Gasteiger partial charge in [0.15, 0.2) is 0 Å². The zero-order valence-corrected chi connectivity index (χ0v) is 12.4. The van der Waals surface area contributed by atoms with Crippen molar-refractivity contribution in [1.29, 1.82) is 0 Å². The third kappa shape index (κ3) is 2.64. The van der Waals surface area contributed by atoms with Crippen LogP contribution in [0.3, 0.4) is 0 Å². The van der Waals surface area contributed by atoms with Gasteiger partial charge < -0.3 is 9.84 Å². The molecule has 0 radical (unpaired) electrons. The van der Waals surface area contributed by atoms with Crippen LogP contribution in [0.5, 0.6) is 0 Å². The molecule has 2 fully saturated rings. The summed E-state index contributed by atoms with van der Waals surface area (Å²) in [5, 5.41) is 10.9. The third-order valence-corrected chi connectivity index (χ3v) is 5.14. The minimum absolute atomic E-state index is 0.263. The van der Waals surface area contributed by atoms with E-state index in [1.54, 1.807) is 0 Å². The molecule has 1 N–H and O–H groups in total. The van der Waals surface area contributed by atoms with E-state index in [0.717, 1.165) is 19.3 Å². The smallest absolute Gasteiger partial charge is 0.0942 e. The van der Waals surface area contributed by atoms with Gasteiger partial charge >= 0.3 is 0 Å². The molecule has 2 heteroatoms. The second-order valence-corrected chi connectivity index (χ2v) is 6.42. The molecule has 2 aliphatic carbocycles. The molecule has 3 atom stereocenters. The Morgan fingerprint density at radius 2 is 1.90 bits per heavy atom. The predicted molar refractivity (Wildman–Crippen MR) is 80.7 cm³/mol. The Balaban J connectivity index is 1.70. The highest BCUT2D eigenvalue weighted by Crippen LogP contribution is 2.54. The van der Waals surface area contributed by atoms with Gasteiger partial charge in [-0.25, -0.2) is 0 Å². The van der Waals surface area contributed by atoms with Gasteiger partial charge in [-0.1, -0.05) is 49.6 Å². The van der Waals surface area contributed by atoms with Gasteiger partial charge in [0.2, 0.25) is 0 Å². The topological polar surface area (TPSA) is 29.5 Å². The summed E-state index contributed by atoms with van der Waals surface area (Å²) in [4.78, 5) is 0. The van der Waals surface area contributed by atoms with Crippen molar-refractivity contribution in [2.75, 3.05) is 6.61 Å². The van der Waals surface area contributed by atoms with Gasteiger partial charge in [-0.15, -0.1) is 0 Å². The number of aliphatic hydroxyl groups is 1. The van der Waals surface area contributed by atoms with Gasteiger partial charge in [0.1, 0.15) is 0 Å². The minimum Gasteiger partial charge on any atom is -0.390 e. The van der Waals surface area contributed by atoms with Crippen LogP contribution in [-0.4, -0.2) is 23.4 Å². The van der Waals surface area contributed by atoms with Crippen molar-refractivity contribution >= 4 is 0 Å². The van der Waals surface area contributed by atoms with Crippen molar-refractivity contribution in [2.45, 2.75) is 63.1 Å². The van der Waals surface area contributed by atoms with Crippen molar-refractivity contribution in [3.63, 3.8) is 0 Å². The number of hydrogen-bond donors (Lipinski definition) is 1. The summed E-state index contributed by atoms with van der Waals surface area (Å²) in [6.45, 7) is 2.75. The molecular formula is C18H26O2. The number of benzene rings is 1. The van der Waals surface area contributed by atoms with Crippen LogP contribution in [0.15, 0.2) is 30.3 Å². The van der Waals surface area contributed by atoms with Gasteiger partial charge in [-0.2, -0.15) is 0 Å². The lowest BCUT2D eigenvalue weighted by molar-refractivity contribution is -0.146. The van der Waals surface area contributed by atoms with Gasteiger partial charge in [0.05, 0.1) is 11.7 Å². The lowest BCUT2D eigenvalue weighted by atomic mass is 9.78. The zero-order valence-electron chi connectivity index (χ0n) is 12.4. The van der Waals surface area contributed by atoms with E-state index in [1.165, 1.54) is 24.8 Å². The van der Waals surface area contributed by atoms with E-state index in [1.807, 2.05) is 6.92 Å². The Morgan fingerprint density at radius 1 is 1.20 bits per heavy atom. The summed E-state index contributed by atoms with van der Waals surface area (Å²) in [6, 6.07) is 10.6. The molecule has 110 valence electrons. The van der Waals surface area contributed by atoms with Crippen molar-refractivity contribution in [2.24, 2.45) is 5.92 Å². The Morgan fingerprint density at radius 3 is 2.55 bits per heavy atom. The van der Waals surface area contributed by atoms with Crippen LogP contribution in [0.4, 0.5) is 0 Å². The third-order valence-electron chi connectivity index (χ3n) is 5.14. The molecule has 2 saturated carbocycles. The van der Waals surface area contributed by atoms with Crippen LogP contribution in [0.25, 0.3) is 0 Å². The molecule has 0 bridgehead atoms. The average molecular weight is 274 g/mol. The first kappa shape index (κ1) is 14.1. The van der Waals surface area contributed by atoms with Crippen LogP contribution in [-0.2, 0) is 4.74 Å². The minimum atomic E-state index is -0.298. The van der Waals surface area contributed by atoms with Gasteiger partial charge in [-0.05, 0) is 43.6 Å². The molecule has 0 aromatic heterocycles. The fraction of sp³-hybridized carbons (Fsp3) is 0.667. The Hall–Kier alpha value is -0.860. The predicted octanol–water partition coefficient (Wildman–Crippen LogP) is 3.89. The fourth-order valence-corrected chi connectivity index (χ4v) is 4.00. The highest BCUT2D eigenvalue weighted by molar-refractivity contribution is 5.27. The molecule has 2 aliphatic rings. The van der Waals surface area contributed by atoms with Crippen LogP contribution < -0.4 is 0 Å². The normalized spacial score (nSPS) is 29.9. The van der Waals surface area contributed by atoms with E-state index in [2.05, 4.69) is 30.3 Å². The molecule has 20 heavy (non-hydrogen) atoms. The maximum Gasteiger partial charge on any atom is 0.0942 e. The monoisotopic (exact) mass is 274 g/mol. The molecule has 0 amide bonds. The zero-order chi connectivity index (χ0) is 14.0. The van der Waals surface area contributed by atoms with Gasteiger partial charge in [0.25, 0.3) is 0 Å². The highest BCUT2D eigenvalue weighted by Gasteiger charge is 2.52. The molecule has 0 heterocycles. The second kappa shape index (κ2) is 5.87. The highest BCUT2D eigenvalue weighted by atomic mass is 16.5. The van der Waals surface area contributed by atoms with Crippen molar-refractivity contribution in [3.05, 3.63) is 35.9 Å². The molecule has 1 aromatic rings. The Labute approximate surface area is 122 Å². The maximum atomic E-state index is 10.9. The number of ether oxygens (including phenoxy) is 1. The first-order valence-electron chi connectivity index (χ1n) is 8.14. The van der Waals surface area contributed by atoms with Gasteiger partial charge in [-0.3, -0.25) is 0 Å². The van der Waals surface area contributed by atoms with E-state index in [0.29, 0.717) is 18.4 Å². The van der Waals surface area contributed by atoms with E-state index in [4.69, 9.17) is 4.74 Å². The SMILES string of the molecule is CCOC1(C(O)C2CC2c2ccccc2)CCCCC1. The van der Waals surface area contributed by atoms with Crippen molar-refractivity contribution < 1.29 is 9.84 Å². The van der Waals surface area contributed by atoms with Crippen LogP contribution in [0.1, 0.15) is 56.9 Å². The Bertz CT molecular complexity index is 417. The quantitative estimate of drug-likeness (QED) is 0.882. The van der Waals surface area contributed by atoms with Gasteiger partial charge in [0, 0.05) is 6.61 Å². The molecule has 0 spiro atoms. The number of aliphatic hydroxyl groups excluding tert-OH is 1. The lowest BCUT2D eigenvalue weighted by Crippen LogP contribution is -2.48. The van der Waals surface area contributed by atoms with Crippen LogP contribution in [0.2, 0.25) is 0 Å². The maximum absolute atomic E-state index is 10.9.